The molecule has 3 rings (SSSR count). The second-order valence-electron chi connectivity index (χ2n) is 8.33. The lowest BCUT2D eigenvalue weighted by atomic mass is 10.0. The van der Waals surface area contributed by atoms with Crippen molar-refractivity contribution in [2.45, 2.75) is 31.9 Å². The average molecular weight is 489 g/mol. The van der Waals surface area contributed by atoms with Crippen LogP contribution in [0.1, 0.15) is 29.8 Å². The van der Waals surface area contributed by atoms with Gasteiger partial charge >= 0.3 is 0 Å². The van der Waals surface area contributed by atoms with Gasteiger partial charge in [0.25, 0.3) is 0 Å². The fraction of sp³-hybridized carbons (Fsp3) is 0.500. The SMILES string of the molecule is C=CCOC[C@H](O)CN(CCC)CC(=O)N1CCc2sccc2[C@@H]1COc1ccccc1OC. The van der Waals surface area contributed by atoms with E-state index >= 15 is 0 Å². The molecule has 0 aliphatic carbocycles. The summed E-state index contributed by atoms with van der Waals surface area (Å²) in [6.07, 6.45) is 2.73. The first kappa shape index (κ1) is 26.2. The van der Waals surface area contributed by atoms with Crippen LogP contribution in [0.2, 0.25) is 0 Å². The number of aliphatic hydroxyl groups excluding tert-OH is 1. The highest BCUT2D eigenvalue weighted by Crippen LogP contribution is 2.35. The molecule has 2 atom stereocenters. The number of fused-ring (bicyclic) bond motifs is 1. The first-order valence-electron chi connectivity index (χ1n) is 11.8. The van der Waals surface area contributed by atoms with Crippen molar-refractivity contribution in [1.29, 1.82) is 0 Å². The highest BCUT2D eigenvalue weighted by Gasteiger charge is 2.33. The summed E-state index contributed by atoms with van der Waals surface area (Å²) < 4.78 is 16.9. The van der Waals surface area contributed by atoms with E-state index in [0.717, 1.165) is 24.9 Å². The van der Waals surface area contributed by atoms with E-state index in [1.807, 2.05) is 34.1 Å². The molecule has 0 unspecified atom stereocenters. The van der Waals surface area contributed by atoms with Crippen LogP contribution in [0.4, 0.5) is 0 Å². The van der Waals surface area contributed by atoms with Crippen LogP contribution in [0.25, 0.3) is 0 Å². The largest absolute Gasteiger partial charge is 0.493 e. The minimum atomic E-state index is -0.659. The summed E-state index contributed by atoms with van der Waals surface area (Å²) >= 11 is 1.73. The summed E-state index contributed by atoms with van der Waals surface area (Å²) in [7, 11) is 1.62. The van der Waals surface area contributed by atoms with E-state index in [1.54, 1.807) is 24.5 Å². The number of ether oxygens (including phenoxy) is 3. The Bertz CT molecular complexity index is 918. The van der Waals surface area contributed by atoms with Crippen LogP contribution in [0, 0.1) is 0 Å². The number of para-hydroxylation sites is 2. The Kier molecular flexibility index (Phi) is 10.4. The zero-order chi connectivity index (χ0) is 24.3. The number of hydrogen-bond donors (Lipinski definition) is 1. The zero-order valence-corrected chi connectivity index (χ0v) is 21.0. The highest BCUT2D eigenvalue weighted by atomic mass is 32.1. The number of methoxy groups -OCH3 is 1. The molecule has 2 aromatic rings. The van der Waals surface area contributed by atoms with E-state index in [9.17, 15) is 9.90 Å². The maximum absolute atomic E-state index is 13.5. The van der Waals surface area contributed by atoms with Gasteiger partial charge in [-0.15, -0.1) is 17.9 Å². The third-order valence-corrected chi connectivity index (χ3v) is 6.79. The van der Waals surface area contributed by atoms with Crippen LogP contribution >= 0.6 is 11.3 Å². The number of amides is 1. The van der Waals surface area contributed by atoms with E-state index in [0.29, 0.717) is 37.8 Å². The van der Waals surface area contributed by atoms with Crippen LogP contribution in [0.5, 0.6) is 11.5 Å². The molecule has 8 heteroatoms. The molecule has 186 valence electrons. The Morgan fingerprint density at radius 2 is 2.15 bits per heavy atom. The van der Waals surface area contributed by atoms with Crippen molar-refractivity contribution >= 4 is 17.2 Å². The fourth-order valence-corrected chi connectivity index (χ4v) is 5.18. The summed E-state index contributed by atoms with van der Waals surface area (Å²) in [4.78, 5) is 18.7. The molecular formula is C26H36N2O5S. The predicted octanol–water partition coefficient (Wildman–Crippen LogP) is 3.54. The topological polar surface area (TPSA) is 71.5 Å². The maximum atomic E-state index is 13.5. The molecule has 0 bridgehead atoms. The van der Waals surface area contributed by atoms with Gasteiger partial charge in [-0.1, -0.05) is 25.1 Å². The number of nitrogens with zero attached hydrogens (tertiary/aromatic N) is 2. The van der Waals surface area contributed by atoms with Crippen molar-refractivity contribution < 1.29 is 24.1 Å². The first-order chi connectivity index (χ1) is 16.6. The van der Waals surface area contributed by atoms with Gasteiger partial charge in [-0.3, -0.25) is 9.69 Å². The van der Waals surface area contributed by atoms with Gasteiger partial charge in [-0.25, -0.2) is 0 Å². The summed E-state index contributed by atoms with van der Waals surface area (Å²) in [5, 5.41) is 12.4. The molecule has 7 nitrogen and oxygen atoms in total. The van der Waals surface area contributed by atoms with Crippen molar-refractivity contribution in [3.8, 4) is 11.5 Å². The second kappa shape index (κ2) is 13.5. The van der Waals surface area contributed by atoms with Crippen LogP contribution < -0.4 is 9.47 Å². The smallest absolute Gasteiger partial charge is 0.237 e. The minimum absolute atomic E-state index is 0.0399. The predicted molar refractivity (Wildman–Crippen MR) is 135 cm³/mol. The Labute approximate surface area is 206 Å². The lowest BCUT2D eigenvalue weighted by Gasteiger charge is -2.37. The van der Waals surface area contributed by atoms with Crippen molar-refractivity contribution in [1.82, 2.24) is 9.80 Å². The molecule has 0 fully saturated rings. The molecule has 0 saturated heterocycles. The maximum Gasteiger partial charge on any atom is 0.237 e. The Balaban J connectivity index is 1.69. The summed E-state index contributed by atoms with van der Waals surface area (Å²) in [5.74, 6) is 1.37. The lowest BCUT2D eigenvalue weighted by Crippen LogP contribution is -2.48. The van der Waals surface area contributed by atoms with Crippen LogP contribution in [-0.4, -0.2) is 80.0 Å². The summed E-state index contributed by atoms with van der Waals surface area (Å²) in [6, 6.07) is 9.48. The number of carbonyl (C=O) groups excluding carboxylic acids is 1. The van der Waals surface area contributed by atoms with Crippen LogP contribution in [0.3, 0.4) is 0 Å². The van der Waals surface area contributed by atoms with E-state index in [-0.39, 0.29) is 25.1 Å². The molecule has 0 radical (unpaired) electrons. The Morgan fingerprint density at radius 1 is 1.35 bits per heavy atom. The molecular weight excluding hydrogens is 452 g/mol. The number of thiophene rings is 1. The number of aliphatic hydroxyl groups is 1. The quantitative estimate of drug-likeness (QED) is 0.324. The molecule has 0 saturated carbocycles. The Morgan fingerprint density at radius 3 is 2.88 bits per heavy atom. The van der Waals surface area contributed by atoms with Gasteiger partial charge in [0.2, 0.25) is 5.91 Å². The molecule has 1 N–H and O–H groups in total. The fourth-order valence-electron chi connectivity index (χ4n) is 4.25. The normalized spacial score (nSPS) is 16.2. The number of hydrogen-bond acceptors (Lipinski definition) is 7. The minimum Gasteiger partial charge on any atom is -0.493 e. The second-order valence-corrected chi connectivity index (χ2v) is 9.33. The number of rotatable bonds is 14. The average Bonchev–Trinajstić information content (AvgIpc) is 3.32. The van der Waals surface area contributed by atoms with E-state index in [1.165, 1.54) is 4.88 Å². The van der Waals surface area contributed by atoms with E-state index < -0.39 is 6.10 Å². The Hall–Kier alpha value is -2.39. The van der Waals surface area contributed by atoms with Gasteiger partial charge in [0.1, 0.15) is 6.61 Å². The van der Waals surface area contributed by atoms with E-state index in [4.69, 9.17) is 14.2 Å². The third-order valence-electron chi connectivity index (χ3n) is 5.79. The monoisotopic (exact) mass is 488 g/mol. The molecule has 1 aromatic heterocycles. The molecule has 1 aromatic carbocycles. The van der Waals surface area contributed by atoms with Gasteiger partial charge in [-0.2, -0.15) is 0 Å². The van der Waals surface area contributed by atoms with Gasteiger partial charge < -0.3 is 24.2 Å². The lowest BCUT2D eigenvalue weighted by molar-refractivity contribution is -0.136. The van der Waals surface area contributed by atoms with Gasteiger partial charge in [-0.05, 0) is 48.5 Å². The molecule has 1 aliphatic rings. The molecule has 2 heterocycles. The molecule has 1 amide bonds. The van der Waals surface area contributed by atoms with Crippen LogP contribution in [0.15, 0.2) is 48.4 Å². The standard InChI is InChI=1S/C26H36N2O5S/c1-4-12-27(16-20(29)18-32-14-5-2)17-26(30)28-13-10-25-21(11-15-34-25)22(28)19-33-24-9-7-6-8-23(24)31-3/h5-9,11,15,20,22,29H,2,4,10,12-14,16-19H2,1,3H3/t20-,22+/m1/s1. The summed E-state index contributed by atoms with van der Waals surface area (Å²) in [6.45, 7) is 8.66. The number of benzene rings is 1. The van der Waals surface area contributed by atoms with Crippen molar-refractivity contribution in [2.75, 3.05) is 53.1 Å². The highest BCUT2D eigenvalue weighted by molar-refractivity contribution is 7.10. The van der Waals surface area contributed by atoms with Gasteiger partial charge in [0, 0.05) is 18.0 Å². The van der Waals surface area contributed by atoms with Gasteiger partial charge in [0.15, 0.2) is 11.5 Å². The zero-order valence-electron chi connectivity index (χ0n) is 20.2. The first-order valence-corrected chi connectivity index (χ1v) is 12.7. The van der Waals surface area contributed by atoms with Gasteiger partial charge in [0.05, 0.1) is 39.0 Å². The van der Waals surface area contributed by atoms with Crippen molar-refractivity contribution in [3.63, 3.8) is 0 Å². The van der Waals surface area contributed by atoms with E-state index in [2.05, 4.69) is 24.9 Å². The van der Waals surface area contributed by atoms with Crippen LogP contribution in [-0.2, 0) is 16.0 Å². The van der Waals surface area contributed by atoms with Crippen molar-refractivity contribution in [2.24, 2.45) is 0 Å². The third kappa shape index (κ3) is 7.06. The molecule has 0 spiro atoms. The number of carbonyl (C=O) groups is 1. The molecule has 1 aliphatic heterocycles. The summed E-state index contributed by atoms with van der Waals surface area (Å²) in [5.41, 5.74) is 1.15. The molecule has 34 heavy (non-hydrogen) atoms. The van der Waals surface area contributed by atoms with Crippen molar-refractivity contribution in [3.05, 3.63) is 58.8 Å².